The quantitative estimate of drug-likeness (QED) is 0.763. The summed E-state index contributed by atoms with van der Waals surface area (Å²) >= 11 is 0. The second kappa shape index (κ2) is 9.38. The molecule has 148 valence electrons. The minimum Gasteiger partial charge on any atom is -0.496 e. The van der Waals surface area contributed by atoms with Gasteiger partial charge in [0.05, 0.1) is 7.11 Å². The fourth-order valence-corrected chi connectivity index (χ4v) is 4.13. The largest absolute Gasteiger partial charge is 0.496 e. The first-order valence-electron chi connectivity index (χ1n) is 10.1. The second-order valence-corrected chi connectivity index (χ2v) is 7.80. The van der Waals surface area contributed by atoms with E-state index in [1.165, 1.54) is 12.8 Å². The third kappa shape index (κ3) is 5.11. The highest BCUT2D eigenvalue weighted by atomic mass is 16.5. The van der Waals surface area contributed by atoms with Crippen molar-refractivity contribution in [1.29, 1.82) is 0 Å². The zero-order valence-corrected chi connectivity index (χ0v) is 17.0. The molecule has 5 nitrogen and oxygen atoms in total. The molecule has 3 rings (SSSR count). The Kier molecular flexibility index (Phi) is 6.91. The Balaban J connectivity index is 1.69. The van der Waals surface area contributed by atoms with Crippen molar-refractivity contribution in [3.8, 4) is 5.75 Å². The molecular formula is C22H33N3O2. The maximum atomic E-state index is 13.0. The number of likely N-dealkylation sites (N-methyl/N-ethyl adjacent to an activating group) is 1. The van der Waals surface area contributed by atoms with Crippen molar-refractivity contribution in [3.05, 3.63) is 35.9 Å². The number of nitrogens with zero attached hydrogens (tertiary/aromatic N) is 3. The highest BCUT2D eigenvalue weighted by molar-refractivity contribution is 5.95. The van der Waals surface area contributed by atoms with Gasteiger partial charge in [0.15, 0.2) is 0 Å². The van der Waals surface area contributed by atoms with Crippen molar-refractivity contribution >= 4 is 11.5 Å². The number of benzene rings is 1. The lowest BCUT2D eigenvalue weighted by Gasteiger charge is -2.39. The van der Waals surface area contributed by atoms with Gasteiger partial charge in [-0.05, 0) is 38.5 Å². The molecule has 0 aliphatic carbocycles. The molecule has 1 aromatic carbocycles. The van der Waals surface area contributed by atoms with Gasteiger partial charge in [0.25, 0.3) is 0 Å². The summed E-state index contributed by atoms with van der Waals surface area (Å²) in [5.74, 6) is 0.935. The standard InChI is InChI=1S/C22H33N3O2/c1-18(20-9-4-5-10-21(20)27-3)16-22(26)25-11-7-6-8-19(17-25)24-14-12-23(2)13-15-24/h4-5,9-10,16,19H,6-8,11-15,17H2,1-3H3/b18-16+. The number of allylic oxidation sites excluding steroid dienone is 1. The van der Waals surface area contributed by atoms with Crippen LogP contribution < -0.4 is 4.74 Å². The number of likely N-dealkylation sites (tertiary alicyclic amines) is 1. The van der Waals surface area contributed by atoms with Gasteiger partial charge in [0.2, 0.25) is 5.91 Å². The Morgan fingerprint density at radius 3 is 2.59 bits per heavy atom. The molecule has 27 heavy (non-hydrogen) atoms. The van der Waals surface area contributed by atoms with Gasteiger partial charge in [0.1, 0.15) is 5.75 Å². The minimum absolute atomic E-state index is 0.124. The SMILES string of the molecule is COc1ccccc1/C(C)=C/C(=O)N1CCCCC(N2CCN(C)CC2)C1. The van der Waals surface area contributed by atoms with Crippen molar-refractivity contribution in [2.24, 2.45) is 0 Å². The number of piperazine rings is 1. The number of hydrogen-bond acceptors (Lipinski definition) is 4. The first kappa shape index (κ1) is 19.9. The average molecular weight is 372 g/mol. The highest BCUT2D eigenvalue weighted by Crippen LogP contribution is 2.26. The lowest BCUT2D eigenvalue weighted by Crippen LogP contribution is -2.52. The molecule has 0 saturated carbocycles. The number of carbonyl (C=O) groups excluding carboxylic acids is 1. The normalized spacial score (nSPS) is 23.1. The monoisotopic (exact) mass is 371 g/mol. The molecule has 0 N–H and O–H groups in total. The van der Waals surface area contributed by atoms with Crippen molar-refractivity contribution in [2.45, 2.75) is 32.2 Å². The van der Waals surface area contributed by atoms with E-state index in [9.17, 15) is 4.79 Å². The fraction of sp³-hybridized carbons (Fsp3) is 0.591. The molecular weight excluding hydrogens is 338 g/mol. The van der Waals surface area contributed by atoms with E-state index in [0.717, 1.165) is 62.6 Å². The summed E-state index contributed by atoms with van der Waals surface area (Å²) in [6.07, 6.45) is 5.28. The van der Waals surface area contributed by atoms with Crippen LogP contribution in [0.2, 0.25) is 0 Å². The molecule has 1 atom stereocenters. The summed E-state index contributed by atoms with van der Waals surface area (Å²) < 4.78 is 5.44. The van der Waals surface area contributed by atoms with Crippen LogP contribution in [0.4, 0.5) is 0 Å². The molecule has 0 radical (unpaired) electrons. The van der Waals surface area contributed by atoms with E-state index in [4.69, 9.17) is 4.74 Å². The van der Waals surface area contributed by atoms with E-state index < -0.39 is 0 Å². The zero-order valence-electron chi connectivity index (χ0n) is 17.0. The Labute approximate surface area is 163 Å². The van der Waals surface area contributed by atoms with Crippen molar-refractivity contribution in [2.75, 3.05) is 53.4 Å². The summed E-state index contributed by atoms with van der Waals surface area (Å²) in [4.78, 5) is 20.0. The van der Waals surface area contributed by atoms with Crippen LogP contribution in [0.3, 0.4) is 0 Å². The van der Waals surface area contributed by atoms with E-state index in [1.54, 1.807) is 13.2 Å². The predicted octanol–water partition coefficient (Wildman–Crippen LogP) is 2.73. The number of rotatable bonds is 4. The Hall–Kier alpha value is -1.85. The van der Waals surface area contributed by atoms with Crippen LogP contribution in [0.25, 0.3) is 5.57 Å². The molecule has 2 heterocycles. The predicted molar refractivity (Wildman–Crippen MR) is 110 cm³/mol. The lowest BCUT2D eigenvalue weighted by atomic mass is 10.1. The van der Waals surface area contributed by atoms with E-state index in [0.29, 0.717) is 6.04 Å². The lowest BCUT2D eigenvalue weighted by molar-refractivity contribution is -0.126. The van der Waals surface area contributed by atoms with Gasteiger partial charge in [-0.15, -0.1) is 0 Å². The van der Waals surface area contributed by atoms with Gasteiger partial charge in [0, 0.05) is 56.9 Å². The van der Waals surface area contributed by atoms with Crippen molar-refractivity contribution in [1.82, 2.24) is 14.7 Å². The molecule has 0 aromatic heterocycles. The van der Waals surface area contributed by atoms with Crippen LogP contribution in [0, 0.1) is 0 Å². The summed E-state index contributed by atoms with van der Waals surface area (Å²) in [5.41, 5.74) is 1.94. The number of amides is 1. The van der Waals surface area contributed by atoms with Crippen molar-refractivity contribution in [3.63, 3.8) is 0 Å². The molecule has 0 bridgehead atoms. The summed E-state index contributed by atoms with van der Waals surface area (Å²) in [6.45, 7) is 8.16. The maximum Gasteiger partial charge on any atom is 0.246 e. The van der Waals surface area contributed by atoms with Gasteiger partial charge >= 0.3 is 0 Å². The first-order valence-corrected chi connectivity index (χ1v) is 10.1. The van der Waals surface area contributed by atoms with Gasteiger partial charge in [-0.1, -0.05) is 24.6 Å². The molecule has 2 aliphatic rings. The Bertz CT molecular complexity index is 665. The number of ether oxygens (including phenoxy) is 1. The molecule has 2 saturated heterocycles. The number of hydrogen-bond donors (Lipinski definition) is 0. The summed E-state index contributed by atoms with van der Waals surface area (Å²) in [5, 5.41) is 0. The van der Waals surface area contributed by atoms with Gasteiger partial charge in [-0.2, -0.15) is 0 Å². The fourth-order valence-electron chi connectivity index (χ4n) is 4.13. The van der Waals surface area contributed by atoms with Crippen LogP contribution in [0.5, 0.6) is 5.75 Å². The summed E-state index contributed by atoms with van der Waals surface area (Å²) in [6, 6.07) is 8.37. The molecule has 2 fully saturated rings. The topological polar surface area (TPSA) is 36.0 Å². The van der Waals surface area contributed by atoms with E-state index in [-0.39, 0.29) is 5.91 Å². The van der Waals surface area contributed by atoms with Crippen molar-refractivity contribution < 1.29 is 9.53 Å². The first-order chi connectivity index (χ1) is 13.1. The molecule has 1 unspecified atom stereocenters. The maximum absolute atomic E-state index is 13.0. The average Bonchev–Trinajstić information content (AvgIpc) is 2.95. The Morgan fingerprint density at radius 2 is 1.85 bits per heavy atom. The highest BCUT2D eigenvalue weighted by Gasteiger charge is 2.27. The van der Waals surface area contributed by atoms with Crippen LogP contribution in [0.15, 0.2) is 30.3 Å². The van der Waals surface area contributed by atoms with Crippen LogP contribution in [0.1, 0.15) is 31.7 Å². The van der Waals surface area contributed by atoms with Gasteiger partial charge in [-0.25, -0.2) is 0 Å². The van der Waals surface area contributed by atoms with Crippen LogP contribution in [-0.2, 0) is 4.79 Å². The molecule has 0 spiro atoms. The third-order valence-corrected chi connectivity index (χ3v) is 5.88. The van der Waals surface area contributed by atoms with Gasteiger partial charge in [-0.3, -0.25) is 9.69 Å². The minimum atomic E-state index is 0.124. The Morgan fingerprint density at radius 1 is 1.11 bits per heavy atom. The summed E-state index contributed by atoms with van der Waals surface area (Å²) in [7, 11) is 3.86. The molecule has 1 aromatic rings. The smallest absolute Gasteiger partial charge is 0.246 e. The zero-order chi connectivity index (χ0) is 19.2. The van der Waals surface area contributed by atoms with E-state index >= 15 is 0 Å². The number of methoxy groups -OCH3 is 1. The second-order valence-electron chi connectivity index (χ2n) is 7.80. The number of carbonyl (C=O) groups is 1. The number of para-hydroxylation sites is 1. The van der Waals surface area contributed by atoms with Crippen LogP contribution in [-0.4, -0.2) is 80.1 Å². The van der Waals surface area contributed by atoms with E-state index in [1.807, 2.05) is 31.2 Å². The molecule has 5 heteroatoms. The molecule has 1 amide bonds. The molecule has 2 aliphatic heterocycles. The van der Waals surface area contributed by atoms with E-state index in [2.05, 4.69) is 21.7 Å². The van der Waals surface area contributed by atoms with Crippen LogP contribution >= 0.6 is 0 Å². The van der Waals surface area contributed by atoms with Gasteiger partial charge < -0.3 is 14.5 Å². The third-order valence-electron chi connectivity index (χ3n) is 5.88.